The topological polar surface area (TPSA) is 0 Å². The molecule has 1 aliphatic rings. The molecule has 0 atom stereocenters. The molecule has 27 heavy (non-hydrogen) atoms. The van der Waals surface area contributed by atoms with E-state index in [4.69, 9.17) is 0 Å². The summed E-state index contributed by atoms with van der Waals surface area (Å²) in [7, 11) is 0. The molecule has 0 amide bonds. The van der Waals surface area contributed by atoms with Gasteiger partial charge in [-0.05, 0) is 65.3 Å². The smallest absolute Gasteiger partial charge is 0.166 e. The van der Waals surface area contributed by atoms with E-state index in [2.05, 4.69) is 0 Å². The lowest BCUT2D eigenvalue weighted by Gasteiger charge is -2.20. The molecule has 6 heteroatoms. The summed E-state index contributed by atoms with van der Waals surface area (Å²) in [5.74, 6) is -0.0523. The first kappa shape index (κ1) is 19.5. The number of allylic oxidation sites excluding steroid dienone is 1. The van der Waals surface area contributed by atoms with Gasteiger partial charge >= 0.3 is 12.4 Å². The van der Waals surface area contributed by atoms with Gasteiger partial charge in [-0.15, -0.1) is 0 Å². The molecule has 0 N–H and O–H groups in total. The third-order valence-electron chi connectivity index (χ3n) is 4.73. The lowest BCUT2D eigenvalue weighted by atomic mass is 9.86. The molecule has 0 nitrogen and oxygen atoms in total. The van der Waals surface area contributed by atoms with Crippen molar-refractivity contribution in [2.75, 3.05) is 0 Å². The molecule has 0 unspecified atom stereocenters. The molecule has 0 radical (unpaired) electrons. The SMILES string of the molecule is CC1=Cc2c(ccc(C(C)C)c2-c2cc(C(F)(F)F)cc(C(F)(F)F)c2)C1. The summed E-state index contributed by atoms with van der Waals surface area (Å²) in [6.07, 6.45) is -7.23. The van der Waals surface area contributed by atoms with Crippen molar-refractivity contribution in [3.63, 3.8) is 0 Å². The molecule has 0 fully saturated rings. The average Bonchev–Trinajstić information content (AvgIpc) is 2.91. The molecule has 0 heterocycles. The molecule has 0 aromatic heterocycles. The largest absolute Gasteiger partial charge is 0.416 e. The van der Waals surface area contributed by atoms with E-state index in [0.717, 1.165) is 28.8 Å². The van der Waals surface area contributed by atoms with Crippen LogP contribution in [0.25, 0.3) is 17.2 Å². The van der Waals surface area contributed by atoms with Crippen molar-refractivity contribution in [2.45, 2.75) is 45.5 Å². The van der Waals surface area contributed by atoms with Crippen LogP contribution in [0.4, 0.5) is 26.3 Å². The molecule has 0 spiro atoms. The Labute approximate surface area is 153 Å². The van der Waals surface area contributed by atoms with Gasteiger partial charge in [0.2, 0.25) is 0 Å². The van der Waals surface area contributed by atoms with Gasteiger partial charge in [0.25, 0.3) is 0 Å². The van der Waals surface area contributed by atoms with Gasteiger partial charge in [0.15, 0.2) is 0 Å². The first-order valence-electron chi connectivity index (χ1n) is 8.50. The van der Waals surface area contributed by atoms with E-state index in [9.17, 15) is 26.3 Å². The molecule has 0 saturated carbocycles. The summed E-state index contributed by atoms with van der Waals surface area (Å²) < 4.78 is 79.6. The van der Waals surface area contributed by atoms with E-state index in [1.165, 1.54) is 0 Å². The molecule has 0 aliphatic heterocycles. The van der Waals surface area contributed by atoms with Gasteiger partial charge in [-0.3, -0.25) is 0 Å². The van der Waals surface area contributed by atoms with E-state index in [1.807, 2.05) is 32.9 Å². The average molecular weight is 384 g/mol. The highest BCUT2D eigenvalue weighted by molar-refractivity contribution is 5.84. The van der Waals surface area contributed by atoms with Crippen LogP contribution in [0.1, 0.15) is 54.5 Å². The number of alkyl halides is 6. The molecule has 2 aromatic carbocycles. The number of benzene rings is 2. The lowest BCUT2D eigenvalue weighted by Crippen LogP contribution is -2.11. The summed E-state index contributed by atoms with van der Waals surface area (Å²) in [5.41, 5.74) is 1.20. The third kappa shape index (κ3) is 3.75. The first-order valence-corrected chi connectivity index (χ1v) is 8.50. The maximum Gasteiger partial charge on any atom is 0.416 e. The zero-order chi connectivity index (χ0) is 20.1. The first-order chi connectivity index (χ1) is 12.4. The molecule has 3 rings (SSSR count). The zero-order valence-corrected chi connectivity index (χ0v) is 15.0. The molecular weight excluding hydrogens is 366 g/mol. The standard InChI is InChI=1S/C21H18F6/c1-11(2)17-5-4-13-6-12(3)7-18(13)19(17)14-8-15(20(22,23)24)10-16(9-14)21(25,26)27/h4-5,7-11H,6H2,1-3H3. The van der Waals surface area contributed by atoms with Crippen molar-refractivity contribution in [3.8, 4) is 11.1 Å². The van der Waals surface area contributed by atoms with Crippen molar-refractivity contribution in [2.24, 2.45) is 0 Å². The summed E-state index contributed by atoms with van der Waals surface area (Å²) in [6.45, 7) is 5.64. The monoisotopic (exact) mass is 384 g/mol. The minimum atomic E-state index is -4.86. The lowest BCUT2D eigenvalue weighted by molar-refractivity contribution is -0.143. The van der Waals surface area contributed by atoms with Crippen molar-refractivity contribution < 1.29 is 26.3 Å². The highest BCUT2D eigenvalue weighted by atomic mass is 19.4. The highest BCUT2D eigenvalue weighted by Crippen LogP contribution is 2.43. The van der Waals surface area contributed by atoms with Crippen LogP contribution in [0.2, 0.25) is 0 Å². The van der Waals surface area contributed by atoms with E-state index >= 15 is 0 Å². The summed E-state index contributed by atoms with van der Waals surface area (Å²) in [5, 5.41) is 0. The van der Waals surface area contributed by atoms with Crippen LogP contribution in [-0.4, -0.2) is 0 Å². The van der Waals surface area contributed by atoms with Crippen LogP contribution in [-0.2, 0) is 18.8 Å². The molecule has 2 aromatic rings. The Morgan fingerprint density at radius 2 is 1.41 bits per heavy atom. The van der Waals surface area contributed by atoms with Crippen LogP contribution in [0.5, 0.6) is 0 Å². The number of hydrogen-bond acceptors (Lipinski definition) is 0. The maximum atomic E-state index is 13.3. The van der Waals surface area contributed by atoms with Crippen LogP contribution >= 0.6 is 0 Å². The van der Waals surface area contributed by atoms with Gasteiger partial charge in [0, 0.05) is 0 Å². The Balaban J connectivity index is 2.36. The van der Waals surface area contributed by atoms with Gasteiger partial charge in [0.1, 0.15) is 0 Å². The Morgan fingerprint density at radius 1 is 0.852 bits per heavy atom. The van der Waals surface area contributed by atoms with Crippen LogP contribution in [0.3, 0.4) is 0 Å². The minimum absolute atomic E-state index is 0.0522. The number of fused-ring (bicyclic) bond motifs is 1. The molecule has 144 valence electrons. The van der Waals surface area contributed by atoms with Crippen LogP contribution < -0.4 is 0 Å². The number of rotatable bonds is 2. The summed E-state index contributed by atoms with van der Waals surface area (Å²) >= 11 is 0. The quantitative estimate of drug-likeness (QED) is 0.471. The zero-order valence-electron chi connectivity index (χ0n) is 15.0. The van der Waals surface area contributed by atoms with E-state index in [1.54, 1.807) is 6.07 Å². The Kier molecular flexibility index (Phi) is 4.65. The van der Waals surface area contributed by atoms with Gasteiger partial charge in [0.05, 0.1) is 11.1 Å². The second-order valence-electron chi connectivity index (χ2n) is 7.22. The molecular formula is C21H18F6. The van der Waals surface area contributed by atoms with Crippen molar-refractivity contribution >= 4 is 6.08 Å². The van der Waals surface area contributed by atoms with Gasteiger partial charge < -0.3 is 0 Å². The minimum Gasteiger partial charge on any atom is -0.166 e. The third-order valence-corrected chi connectivity index (χ3v) is 4.73. The Bertz CT molecular complexity index is 881. The summed E-state index contributed by atoms with van der Waals surface area (Å²) in [4.78, 5) is 0. The van der Waals surface area contributed by atoms with Gasteiger partial charge in [-0.1, -0.05) is 37.6 Å². The highest BCUT2D eigenvalue weighted by Gasteiger charge is 2.37. The van der Waals surface area contributed by atoms with Crippen LogP contribution in [0, 0.1) is 0 Å². The predicted octanol–water partition coefficient (Wildman–Crippen LogP) is 7.47. The molecule has 0 saturated heterocycles. The predicted molar refractivity (Wildman–Crippen MR) is 93.3 cm³/mol. The fraction of sp³-hybridized carbons (Fsp3) is 0.333. The van der Waals surface area contributed by atoms with Crippen molar-refractivity contribution in [1.29, 1.82) is 0 Å². The maximum absolute atomic E-state index is 13.3. The second-order valence-corrected chi connectivity index (χ2v) is 7.22. The van der Waals surface area contributed by atoms with Gasteiger partial charge in [-0.2, -0.15) is 26.3 Å². The van der Waals surface area contributed by atoms with E-state index in [-0.39, 0.29) is 17.5 Å². The second kappa shape index (κ2) is 6.43. The van der Waals surface area contributed by atoms with Crippen molar-refractivity contribution in [1.82, 2.24) is 0 Å². The Morgan fingerprint density at radius 3 is 1.89 bits per heavy atom. The van der Waals surface area contributed by atoms with Crippen LogP contribution in [0.15, 0.2) is 35.9 Å². The summed E-state index contributed by atoms with van der Waals surface area (Å²) in [6, 6.07) is 5.51. The molecule has 0 bridgehead atoms. The number of halogens is 6. The number of hydrogen-bond donors (Lipinski definition) is 0. The van der Waals surface area contributed by atoms with Gasteiger partial charge in [-0.25, -0.2) is 0 Å². The Hall–Kier alpha value is -2.24. The van der Waals surface area contributed by atoms with E-state index in [0.29, 0.717) is 17.5 Å². The molecule has 1 aliphatic carbocycles. The normalized spacial score (nSPS) is 14.5. The fourth-order valence-corrected chi connectivity index (χ4v) is 3.50. The van der Waals surface area contributed by atoms with E-state index < -0.39 is 23.5 Å². The van der Waals surface area contributed by atoms with Crippen molar-refractivity contribution in [3.05, 3.63) is 63.7 Å². The fourth-order valence-electron chi connectivity index (χ4n) is 3.50.